The first-order chi connectivity index (χ1) is 10.7. The van der Waals surface area contributed by atoms with Gasteiger partial charge >= 0.3 is 0 Å². The second-order valence-electron chi connectivity index (χ2n) is 6.02. The summed E-state index contributed by atoms with van der Waals surface area (Å²) in [5.41, 5.74) is 2.06. The summed E-state index contributed by atoms with van der Waals surface area (Å²) < 4.78 is 21.2. The van der Waals surface area contributed by atoms with E-state index in [1.165, 1.54) is 0 Å². The van der Waals surface area contributed by atoms with Gasteiger partial charge in [0.15, 0.2) is 5.82 Å². The van der Waals surface area contributed by atoms with Crippen LogP contribution in [0.2, 0.25) is 5.02 Å². The topological polar surface area (TPSA) is 39.9 Å². The van der Waals surface area contributed by atoms with E-state index in [2.05, 4.69) is 14.8 Å². The summed E-state index contributed by atoms with van der Waals surface area (Å²) in [6.07, 6.45) is 2.19. The van der Waals surface area contributed by atoms with Gasteiger partial charge in [-0.05, 0) is 43.9 Å². The summed E-state index contributed by atoms with van der Waals surface area (Å²) in [4.78, 5) is 0. The van der Waals surface area contributed by atoms with Gasteiger partial charge in [0.2, 0.25) is 0 Å². The molecule has 0 saturated heterocycles. The van der Waals surface area contributed by atoms with E-state index in [4.69, 9.17) is 16.3 Å². The molecule has 0 amide bonds. The van der Waals surface area contributed by atoms with Crippen molar-refractivity contribution in [1.82, 2.24) is 14.8 Å². The maximum atomic E-state index is 13.4. The highest BCUT2D eigenvalue weighted by molar-refractivity contribution is 6.30. The Morgan fingerprint density at radius 2 is 1.95 bits per heavy atom. The average Bonchev–Trinajstić information content (AvgIpc) is 2.84. The third-order valence-electron chi connectivity index (χ3n) is 4.55. The molecule has 1 aliphatic carbocycles. The number of nitrogens with zero attached hydrogens (tertiary/aromatic N) is 3. The van der Waals surface area contributed by atoms with Crippen molar-refractivity contribution in [3.63, 3.8) is 0 Å². The van der Waals surface area contributed by atoms with Crippen LogP contribution in [0.15, 0.2) is 18.2 Å². The van der Waals surface area contributed by atoms with Crippen LogP contribution in [-0.4, -0.2) is 20.9 Å². The molecular weight excluding hydrogens is 305 g/mol. The minimum Gasteiger partial charge on any atom is -0.369 e. The van der Waals surface area contributed by atoms with Gasteiger partial charge in [-0.1, -0.05) is 11.6 Å². The van der Waals surface area contributed by atoms with Crippen molar-refractivity contribution in [1.29, 1.82) is 0 Å². The van der Waals surface area contributed by atoms with Gasteiger partial charge in [-0.25, -0.2) is 4.39 Å². The first-order valence-corrected chi connectivity index (χ1v) is 8.05. The quantitative estimate of drug-likeness (QED) is 0.798. The van der Waals surface area contributed by atoms with Crippen LogP contribution >= 0.6 is 11.6 Å². The maximum Gasteiger partial charge on any atom is 0.163 e. The second kappa shape index (κ2) is 5.63. The standard InChI is InChI=1S/C16H17ClFN3O/c17-12-3-6-14-11(7-12)8-22-9-15-19-20-16(21(14)15)10-1-4-13(18)5-2-10/h3,6-7,10,13H,1-2,4-5,8-9H2. The number of alkyl halides is 1. The maximum absolute atomic E-state index is 13.4. The molecule has 0 N–H and O–H groups in total. The van der Waals surface area contributed by atoms with Crippen LogP contribution in [-0.2, 0) is 18.0 Å². The van der Waals surface area contributed by atoms with E-state index in [0.717, 1.165) is 35.7 Å². The van der Waals surface area contributed by atoms with E-state index in [1.807, 2.05) is 18.2 Å². The highest BCUT2D eigenvalue weighted by Crippen LogP contribution is 2.36. The van der Waals surface area contributed by atoms with Gasteiger partial charge in [0.1, 0.15) is 18.6 Å². The molecule has 22 heavy (non-hydrogen) atoms. The largest absolute Gasteiger partial charge is 0.369 e. The molecule has 6 heteroatoms. The minimum atomic E-state index is -0.669. The molecule has 2 heterocycles. The first-order valence-electron chi connectivity index (χ1n) is 7.67. The predicted molar refractivity (Wildman–Crippen MR) is 81.0 cm³/mol. The van der Waals surface area contributed by atoms with E-state index in [9.17, 15) is 4.39 Å². The molecule has 1 aromatic carbocycles. The third-order valence-corrected chi connectivity index (χ3v) is 4.78. The van der Waals surface area contributed by atoms with Crippen LogP contribution in [0.3, 0.4) is 0 Å². The Hall–Kier alpha value is -1.46. The van der Waals surface area contributed by atoms with Crippen molar-refractivity contribution >= 4 is 11.6 Å². The summed E-state index contributed by atoms with van der Waals surface area (Å²) in [5.74, 6) is 1.99. The Kier molecular flexibility index (Phi) is 3.62. The Balaban J connectivity index is 1.79. The fourth-order valence-corrected chi connectivity index (χ4v) is 3.60. The van der Waals surface area contributed by atoms with Crippen LogP contribution in [0.1, 0.15) is 48.8 Å². The lowest BCUT2D eigenvalue weighted by atomic mass is 9.87. The van der Waals surface area contributed by atoms with Crippen LogP contribution in [0, 0.1) is 0 Å². The molecule has 4 nitrogen and oxygen atoms in total. The molecule has 0 radical (unpaired) electrons. The van der Waals surface area contributed by atoms with Crippen molar-refractivity contribution in [3.8, 4) is 5.69 Å². The monoisotopic (exact) mass is 321 g/mol. The molecule has 0 bridgehead atoms. The first kappa shape index (κ1) is 14.2. The molecule has 4 rings (SSSR count). The van der Waals surface area contributed by atoms with Crippen molar-refractivity contribution in [2.75, 3.05) is 0 Å². The van der Waals surface area contributed by atoms with E-state index < -0.39 is 6.17 Å². The smallest absolute Gasteiger partial charge is 0.163 e. The number of rotatable bonds is 1. The molecule has 1 saturated carbocycles. The van der Waals surface area contributed by atoms with Gasteiger partial charge in [0, 0.05) is 16.5 Å². The zero-order valence-corrected chi connectivity index (χ0v) is 12.9. The molecule has 1 aromatic heterocycles. The molecule has 0 atom stereocenters. The summed E-state index contributed by atoms with van der Waals surface area (Å²) >= 11 is 6.10. The molecule has 0 unspecified atom stereocenters. The van der Waals surface area contributed by atoms with E-state index >= 15 is 0 Å². The average molecular weight is 322 g/mol. The van der Waals surface area contributed by atoms with Crippen LogP contribution in [0.25, 0.3) is 5.69 Å². The molecule has 2 aromatic rings. The van der Waals surface area contributed by atoms with E-state index in [1.54, 1.807) is 0 Å². The third kappa shape index (κ3) is 2.42. The van der Waals surface area contributed by atoms with Crippen LogP contribution in [0.4, 0.5) is 4.39 Å². The summed E-state index contributed by atoms with van der Waals surface area (Å²) in [5, 5.41) is 9.37. The van der Waals surface area contributed by atoms with Crippen molar-refractivity contribution in [2.45, 2.75) is 51.0 Å². The van der Waals surface area contributed by atoms with Crippen LogP contribution in [0.5, 0.6) is 0 Å². The fourth-order valence-electron chi connectivity index (χ4n) is 3.40. The fraction of sp³-hybridized carbons (Fsp3) is 0.500. The Morgan fingerprint density at radius 1 is 1.14 bits per heavy atom. The highest BCUT2D eigenvalue weighted by Gasteiger charge is 2.29. The predicted octanol–water partition coefficient (Wildman–Crippen LogP) is 3.95. The van der Waals surface area contributed by atoms with Crippen molar-refractivity contribution in [2.24, 2.45) is 0 Å². The van der Waals surface area contributed by atoms with Gasteiger partial charge in [0.05, 0.1) is 12.3 Å². The Bertz CT molecular complexity index is 695. The van der Waals surface area contributed by atoms with E-state index in [-0.39, 0.29) is 5.92 Å². The lowest BCUT2D eigenvalue weighted by Gasteiger charge is -2.24. The van der Waals surface area contributed by atoms with Gasteiger partial charge in [-0.2, -0.15) is 0 Å². The number of aromatic nitrogens is 3. The molecule has 1 fully saturated rings. The zero-order valence-electron chi connectivity index (χ0n) is 12.1. The lowest BCUT2D eigenvalue weighted by molar-refractivity contribution is 0.105. The normalized spacial score (nSPS) is 24.5. The lowest BCUT2D eigenvalue weighted by Crippen LogP contribution is -2.17. The number of benzene rings is 1. The van der Waals surface area contributed by atoms with Gasteiger partial charge in [-0.3, -0.25) is 4.57 Å². The minimum absolute atomic E-state index is 0.259. The Labute approximate surface area is 133 Å². The molecular formula is C16H17ClFN3O. The zero-order chi connectivity index (χ0) is 15.1. The summed E-state index contributed by atoms with van der Waals surface area (Å²) in [6, 6.07) is 5.79. The van der Waals surface area contributed by atoms with Crippen molar-refractivity contribution < 1.29 is 9.13 Å². The Morgan fingerprint density at radius 3 is 2.77 bits per heavy atom. The summed E-state index contributed by atoms with van der Waals surface area (Å²) in [7, 11) is 0. The number of fused-ring (bicyclic) bond motifs is 3. The molecule has 0 spiro atoms. The number of halogens is 2. The van der Waals surface area contributed by atoms with Gasteiger partial charge < -0.3 is 4.74 Å². The van der Waals surface area contributed by atoms with Crippen molar-refractivity contribution in [3.05, 3.63) is 40.4 Å². The molecule has 2 aliphatic rings. The van der Waals surface area contributed by atoms with Gasteiger partial charge in [0.25, 0.3) is 0 Å². The number of hydrogen-bond donors (Lipinski definition) is 0. The van der Waals surface area contributed by atoms with Crippen LogP contribution < -0.4 is 0 Å². The van der Waals surface area contributed by atoms with Gasteiger partial charge in [-0.15, -0.1) is 10.2 Å². The molecule has 116 valence electrons. The second-order valence-corrected chi connectivity index (χ2v) is 6.46. The summed E-state index contributed by atoms with van der Waals surface area (Å²) in [6.45, 7) is 0.938. The SMILES string of the molecule is FC1CCC(c2nnc3n2-c2ccc(Cl)cc2COC3)CC1. The van der Waals surface area contributed by atoms with E-state index in [0.29, 0.717) is 31.1 Å². The number of ether oxygens (including phenoxy) is 1. The molecule has 1 aliphatic heterocycles. The highest BCUT2D eigenvalue weighted by atomic mass is 35.5. The number of hydrogen-bond acceptors (Lipinski definition) is 3.